The van der Waals surface area contributed by atoms with Crippen LogP contribution in [0.3, 0.4) is 0 Å². The first-order valence-corrected chi connectivity index (χ1v) is 5.87. The van der Waals surface area contributed by atoms with Gasteiger partial charge in [0.15, 0.2) is 0 Å². The maximum atomic E-state index is 12.2. The Balaban J connectivity index is 2.12. The topological polar surface area (TPSA) is 83.6 Å². The maximum absolute atomic E-state index is 12.2. The number of carboxylic acids is 1. The number of hydrogen-bond acceptors (Lipinski definition) is 3. The third-order valence-electron chi connectivity index (χ3n) is 3.72. The van der Waals surface area contributed by atoms with E-state index >= 15 is 0 Å². The van der Waals surface area contributed by atoms with Crippen LogP contribution in [-0.2, 0) is 9.59 Å². The van der Waals surface area contributed by atoms with Gasteiger partial charge in [-0.25, -0.2) is 4.79 Å². The van der Waals surface area contributed by atoms with Crippen LogP contribution in [0.4, 0.5) is 0 Å². The lowest BCUT2D eigenvalue weighted by molar-refractivity contribution is -0.150. The monoisotopic (exact) mass is 226 g/mol. The van der Waals surface area contributed by atoms with Crippen LogP contribution >= 0.6 is 0 Å². The molecule has 5 nitrogen and oxygen atoms in total. The minimum absolute atomic E-state index is 0.157. The Labute approximate surface area is 94.6 Å². The van der Waals surface area contributed by atoms with Crippen molar-refractivity contribution in [1.82, 2.24) is 4.90 Å². The lowest BCUT2D eigenvalue weighted by atomic mass is 9.97. The molecule has 0 radical (unpaired) electrons. The van der Waals surface area contributed by atoms with Gasteiger partial charge in [0.1, 0.15) is 6.04 Å². The molecule has 0 spiro atoms. The molecule has 1 heterocycles. The highest BCUT2D eigenvalue weighted by Crippen LogP contribution is 2.31. The normalized spacial score (nSPS) is 28.3. The highest BCUT2D eigenvalue weighted by Gasteiger charge is 2.44. The molecule has 5 heteroatoms. The lowest BCUT2D eigenvalue weighted by Crippen LogP contribution is -2.56. The number of carbonyl (C=O) groups excluding carboxylic acids is 1. The number of hydrogen-bond donors (Lipinski definition) is 2. The van der Waals surface area contributed by atoms with Crippen molar-refractivity contribution in [2.45, 2.75) is 50.1 Å². The van der Waals surface area contributed by atoms with Crippen LogP contribution in [0.1, 0.15) is 38.5 Å². The van der Waals surface area contributed by atoms with Gasteiger partial charge in [-0.15, -0.1) is 0 Å². The van der Waals surface area contributed by atoms with Crippen molar-refractivity contribution in [2.24, 2.45) is 5.73 Å². The molecule has 3 N–H and O–H groups in total. The van der Waals surface area contributed by atoms with Gasteiger partial charge in [-0.05, 0) is 25.7 Å². The molecular formula is C11H18N2O3. The quantitative estimate of drug-likeness (QED) is 0.711. The van der Waals surface area contributed by atoms with Crippen LogP contribution < -0.4 is 5.73 Å². The predicted octanol–water partition coefficient (Wildman–Crippen LogP) is 0.333. The van der Waals surface area contributed by atoms with E-state index in [1.165, 1.54) is 4.90 Å². The SMILES string of the molecule is NC1(C(=O)N2CCC[C@H]2C(=O)O)CCCC1. The van der Waals surface area contributed by atoms with E-state index < -0.39 is 17.6 Å². The highest BCUT2D eigenvalue weighted by molar-refractivity contribution is 5.90. The Hall–Kier alpha value is -1.10. The largest absolute Gasteiger partial charge is 0.480 e. The number of amides is 1. The van der Waals surface area contributed by atoms with Crippen molar-refractivity contribution in [1.29, 1.82) is 0 Å². The number of nitrogens with two attached hydrogens (primary N) is 1. The number of carbonyl (C=O) groups is 2. The lowest BCUT2D eigenvalue weighted by Gasteiger charge is -2.31. The second-order valence-electron chi connectivity index (χ2n) is 4.86. The fourth-order valence-electron chi connectivity index (χ4n) is 2.77. The highest BCUT2D eigenvalue weighted by atomic mass is 16.4. The second-order valence-corrected chi connectivity index (χ2v) is 4.86. The zero-order valence-electron chi connectivity index (χ0n) is 9.32. The van der Waals surface area contributed by atoms with Crippen molar-refractivity contribution in [2.75, 3.05) is 6.54 Å². The Morgan fingerprint density at radius 2 is 1.88 bits per heavy atom. The Morgan fingerprint density at radius 3 is 2.44 bits per heavy atom. The standard InChI is InChI=1S/C11H18N2O3/c12-11(5-1-2-6-11)10(16)13-7-3-4-8(13)9(14)15/h8H,1-7,12H2,(H,14,15)/t8-/m0/s1. The smallest absolute Gasteiger partial charge is 0.326 e. The third kappa shape index (κ3) is 1.80. The van der Waals surface area contributed by atoms with E-state index in [0.717, 1.165) is 19.3 Å². The molecular weight excluding hydrogens is 208 g/mol. The van der Waals surface area contributed by atoms with Crippen LogP contribution in [-0.4, -0.2) is 40.0 Å². The van der Waals surface area contributed by atoms with Crippen LogP contribution in [0, 0.1) is 0 Å². The number of rotatable bonds is 2. The van der Waals surface area contributed by atoms with Gasteiger partial charge in [0.25, 0.3) is 0 Å². The summed E-state index contributed by atoms with van der Waals surface area (Å²) in [7, 11) is 0. The van der Waals surface area contributed by atoms with Crippen molar-refractivity contribution in [3.05, 3.63) is 0 Å². The summed E-state index contributed by atoms with van der Waals surface area (Å²) in [5.41, 5.74) is 5.27. The molecule has 1 aliphatic heterocycles. The average molecular weight is 226 g/mol. The van der Waals surface area contributed by atoms with Crippen molar-refractivity contribution < 1.29 is 14.7 Å². The van der Waals surface area contributed by atoms with E-state index in [0.29, 0.717) is 25.8 Å². The number of carboxylic acid groups (broad SMARTS) is 1. The summed E-state index contributed by atoms with van der Waals surface area (Å²) in [6.45, 7) is 0.536. The fourth-order valence-corrected chi connectivity index (χ4v) is 2.77. The van der Waals surface area contributed by atoms with Gasteiger partial charge in [0, 0.05) is 6.54 Å². The molecule has 2 rings (SSSR count). The Morgan fingerprint density at radius 1 is 1.25 bits per heavy atom. The van der Waals surface area contributed by atoms with E-state index in [2.05, 4.69) is 0 Å². The van der Waals surface area contributed by atoms with Gasteiger partial charge in [0.05, 0.1) is 5.54 Å². The molecule has 16 heavy (non-hydrogen) atoms. The van der Waals surface area contributed by atoms with Crippen LogP contribution in [0.25, 0.3) is 0 Å². The minimum Gasteiger partial charge on any atom is -0.480 e. The summed E-state index contributed by atoms with van der Waals surface area (Å²) in [6, 6.07) is -0.659. The number of aliphatic carboxylic acids is 1. The van der Waals surface area contributed by atoms with Crippen molar-refractivity contribution >= 4 is 11.9 Å². The van der Waals surface area contributed by atoms with Gasteiger partial charge < -0.3 is 15.7 Å². The van der Waals surface area contributed by atoms with Gasteiger partial charge in [-0.1, -0.05) is 12.8 Å². The number of nitrogens with zero attached hydrogens (tertiary/aromatic N) is 1. The second kappa shape index (κ2) is 4.05. The molecule has 0 unspecified atom stereocenters. The van der Waals surface area contributed by atoms with Gasteiger partial charge in [0.2, 0.25) is 5.91 Å². The summed E-state index contributed by atoms with van der Waals surface area (Å²) in [5, 5.41) is 9.02. The average Bonchev–Trinajstić information content (AvgIpc) is 2.85. The summed E-state index contributed by atoms with van der Waals surface area (Å²) in [4.78, 5) is 24.7. The zero-order valence-corrected chi connectivity index (χ0v) is 9.32. The molecule has 90 valence electrons. The molecule has 1 saturated heterocycles. The Bertz CT molecular complexity index is 310. The van der Waals surface area contributed by atoms with E-state index in [4.69, 9.17) is 10.8 Å². The van der Waals surface area contributed by atoms with Gasteiger partial charge in [-0.2, -0.15) is 0 Å². The molecule has 1 saturated carbocycles. The van der Waals surface area contributed by atoms with Crippen molar-refractivity contribution in [3.8, 4) is 0 Å². The molecule has 1 aliphatic carbocycles. The van der Waals surface area contributed by atoms with Crippen LogP contribution in [0.15, 0.2) is 0 Å². The predicted molar refractivity (Wildman–Crippen MR) is 57.8 cm³/mol. The van der Waals surface area contributed by atoms with E-state index in [9.17, 15) is 9.59 Å². The summed E-state index contributed by atoms with van der Waals surface area (Å²) in [5.74, 6) is -1.07. The third-order valence-corrected chi connectivity index (χ3v) is 3.72. The number of likely N-dealkylation sites (tertiary alicyclic amines) is 1. The fraction of sp³-hybridized carbons (Fsp3) is 0.818. The maximum Gasteiger partial charge on any atom is 0.326 e. The molecule has 0 aromatic carbocycles. The molecule has 2 aliphatic rings. The molecule has 0 aromatic heterocycles. The first-order valence-electron chi connectivity index (χ1n) is 5.87. The van der Waals surface area contributed by atoms with Crippen LogP contribution in [0.2, 0.25) is 0 Å². The van der Waals surface area contributed by atoms with Gasteiger partial charge >= 0.3 is 5.97 Å². The summed E-state index contributed by atoms with van der Waals surface area (Å²) >= 11 is 0. The molecule has 2 fully saturated rings. The first kappa shape index (κ1) is 11.4. The van der Waals surface area contributed by atoms with Gasteiger partial charge in [-0.3, -0.25) is 4.79 Å². The van der Waals surface area contributed by atoms with Crippen LogP contribution in [0.5, 0.6) is 0 Å². The molecule has 0 bridgehead atoms. The Kier molecular flexibility index (Phi) is 2.88. The molecule has 1 atom stereocenters. The van der Waals surface area contributed by atoms with E-state index in [1.54, 1.807) is 0 Å². The van der Waals surface area contributed by atoms with Crippen molar-refractivity contribution in [3.63, 3.8) is 0 Å². The van der Waals surface area contributed by atoms with E-state index in [1.807, 2.05) is 0 Å². The molecule has 0 aromatic rings. The zero-order chi connectivity index (χ0) is 11.8. The first-order chi connectivity index (χ1) is 7.54. The van der Waals surface area contributed by atoms with E-state index in [-0.39, 0.29) is 5.91 Å². The molecule has 1 amide bonds. The minimum atomic E-state index is -0.910. The summed E-state index contributed by atoms with van der Waals surface area (Å²) < 4.78 is 0. The summed E-state index contributed by atoms with van der Waals surface area (Å²) in [6.07, 6.45) is 4.63.